The molecular weight excluding hydrogens is 403 g/mol. The molecule has 0 saturated carbocycles. The van der Waals surface area contributed by atoms with Crippen LogP contribution in [0.25, 0.3) is 0 Å². The number of hydrogen-bond acceptors (Lipinski definition) is 2. The molecule has 2 aromatic rings. The van der Waals surface area contributed by atoms with Crippen molar-refractivity contribution in [3.63, 3.8) is 0 Å². The molecule has 1 atom stereocenters. The van der Waals surface area contributed by atoms with E-state index in [1.54, 1.807) is 12.1 Å². The van der Waals surface area contributed by atoms with Crippen LogP contribution in [-0.4, -0.2) is 14.9 Å². The van der Waals surface area contributed by atoms with E-state index in [2.05, 4.69) is 37.0 Å². The fourth-order valence-corrected chi connectivity index (χ4v) is 3.34. The highest BCUT2D eigenvalue weighted by Crippen LogP contribution is 2.29. The van der Waals surface area contributed by atoms with Crippen molar-refractivity contribution in [2.75, 3.05) is 0 Å². The van der Waals surface area contributed by atoms with Crippen LogP contribution in [0.3, 0.4) is 0 Å². The predicted molar refractivity (Wildman–Crippen MR) is 87.7 cm³/mol. The molecule has 0 amide bonds. The van der Waals surface area contributed by atoms with Crippen LogP contribution in [0.15, 0.2) is 27.1 Å². The molecule has 6 heteroatoms. The number of aliphatic hydroxyl groups is 1. The Morgan fingerprint density at radius 2 is 2.05 bits per heavy atom. The number of aryl methyl sites for hydroxylation is 2. The first-order chi connectivity index (χ1) is 9.97. The Labute approximate surface area is 140 Å². The van der Waals surface area contributed by atoms with E-state index in [0.29, 0.717) is 23.0 Å². The first-order valence-corrected chi connectivity index (χ1v) is 8.43. The van der Waals surface area contributed by atoms with Gasteiger partial charge in [-0.05, 0) is 41.4 Å². The number of rotatable bonds is 5. The summed E-state index contributed by atoms with van der Waals surface area (Å²) in [7, 11) is 0. The lowest BCUT2D eigenvalue weighted by Crippen LogP contribution is -2.10. The van der Waals surface area contributed by atoms with Crippen LogP contribution in [0, 0.1) is 5.82 Å². The largest absolute Gasteiger partial charge is 0.388 e. The fraction of sp³-hybridized carbons (Fsp3) is 0.400. The summed E-state index contributed by atoms with van der Waals surface area (Å²) in [6.07, 6.45) is 0.227. The minimum Gasteiger partial charge on any atom is -0.388 e. The molecule has 21 heavy (non-hydrogen) atoms. The Hall–Kier alpha value is -0.720. The maximum Gasteiger partial charge on any atom is 0.130 e. The van der Waals surface area contributed by atoms with Gasteiger partial charge in [0.2, 0.25) is 0 Å². The van der Waals surface area contributed by atoms with Gasteiger partial charge < -0.3 is 5.11 Å². The Morgan fingerprint density at radius 1 is 1.33 bits per heavy atom. The summed E-state index contributed by atoms with van der Waals surface area (Å²) in [5.74, 6) is -0.411. The summed E-state index contributed by atoms with van der Waals surface area (Å²) in [6.45, 7) is 4.74. The molecule has 1 unspecified atom stereocenters. The highest BCUT2D eigenvalue weighted by molar-refractivity contribution is 9.10. The van der Waals surface area contributed by atoms with Gasteiger partial charge in [-0.1, -0.05) is 28.9 Å². The van der Waals surface area contributed by atoms with Gasteiger partial charge in [-0.15, -0.1) is 0 Å². The zero-order valence-corrected chi connectivity index (χ0v) is 15.1. The van der Waals surface area contributed by atoms with Crippen molar-refractivity contribution in [2.45, 2.75) is 39.3 Å². The maximum absolute atomic E-state index is 13.9. The van der Waals surface area contributed by atoms with Crippen molar-refractivity contribution in [3.05, 3.63) is 49.9 Å². The lowest BCUT2D eigenvalue weighted by atomic mass is 10.0. The molecule has 0 saturated heterocycles. The molecule has 0 aliphatic rings. The smallest absolute Gasteiger partial charge is 0.130 e. The minimum absolute atomic E-state index is 0.298. The monoisotopic (exact) mass is 418 g/mol. The van der Waals surface area contributed by atoms with Crippen molar-refractivity contribution in [3.8, 4) is 0 Å². The molecular formula is C15H17Br2FN2O. The van der Waals surface area contributed by atoms with E-state index in [1.165, 1.54) is 6.07 Å². The van der Waals surface area contributed by atoms with Crippen molar-refractivity contribution in [1.82, 2.24) is 9.78 Å². The molecule has 2 rings (SSSR count). The second-order valence-electron chi connectivity index (χ2n) is 4.76. The number of hydrogen-bond donors (Lipinski definition) is 1. The third kappa shape index (κ3) is 3.55. The molecule has 1 N–H and O–H groups in total. The number of benzene rings is 1. The van der Waals surface area contributed by atoms with E-state index in [9.17, 15) is 9.50 Å². The van der Waals surface area contributed by atoms with Gasteiger partial charge in [-0.2, -0.15) is 5.10 Å². The Kier molecular flexibility index (Phi) is 5.57. The molecule has 0 radical (unpaired) electrons. The molecule has 0 aliphatic carbocycles. The lowest BCUT2D eigenvalue weighted by Gasteiger charge is -2.13. The van der Waals surface area contributed by atoms with Gasteiger partial charge >= 0.3 is 0 Å². The van der Waals surface area contributed by atoms with Crippen molar-refractivity contribution in [1.29, 1.82) is 0 Å². The van der Waals surface area contributed by atoms with Crippen LogP contribution < -0.4 is 0 Å². The van der Waals surface area contributed by atoms with Gasteiger partial charge in [0.05, 0.1) is 22.0 Å². The van der Waals surface area contributed by atoms with Gasteiger partial charge in [0.15, 0.2) is 0 Å². The molecule has 1 aromatic heterocycles. The highest BCUT2D eigenvalue weighted by Gasteiger charge is 2.20. The highest BCUT2D eigenvalue weighted by atomic mass is 79.9. The molecule has 1 heterocycles. The number of nitrogens with zero attached hydrogens (tertiary/aromatic N) is 2. The van der Waals surface area contributed by atoms with Crippen LogP contribution in [0.4, 0.5) is 4.39 Å². The summed E-state index contributed by atoms with van der Waals surface area (Å²) in [5.41, 5.74) is 2.14. The summed E-state index contributed by atoms with van der Waals surface area (Å²) in [5, 5.41) is 14.8. The second kappa shape index (κ2) is 7.03. The van der Waals surface area contributed by atoms with Gasteiger partial charge in [0, 0.05) is 23.0 Å². The van der Waals surface area contributed by atoms with Crippen LogP contribution >= 0.6 is 31.9 Å². The molecule has 0 fully saturated rings. The fourth-order valence-electron chi connectivity index (χ4n) is 2.28. The summed E-state index contributed by atoms with van der Waals surface area (Å²) < 4.78 is 17.3. The van der Waals surface area contributed by atoms with Crippen LogP contribution in [-0.2, 0) is 19.4 Å². The van der Waals surface area contributed by atoms with Crippen LogP contribution in [0.2, 0.25) is 0 Å². The van der Waals surface area contributed by atoms with Crippen molar-refractivity contribution in [2.24, 2.45) is 0 Å². The van der Waals surface area contributed by atoms with E-state index in [1.807, 2.05) is 18.5 Å². The van der Waals surface area contributed by atoms with Crippen LogP contribution in [0.5, 0.6) is 0 Å². The third-order valence-electron chi connectivity index (χ3n) is 3.40. The van der Waals surface area contributed by atoms with E-state index >= 15 is 0 Å². The number of aromatic nitrogens is 2. The first-order valence-electron chi connectivity index (χ1n) is 6.84. The summed E-state index contributed by atoms with van der Waals surface area (Å²) >= 11 is 6.75. The zero-order chi connectivity index (χ0) is 15.6. The average molecular weight is 420 g/mol. The maximum atomic E-state index is 13.9. The zero-order valence-electron chi connectivity index (χ0n) is 11.9. The van der Waals surface area contributed by atoms with Crippen LogP contribution in [0.1, 0.15) is 36.9 Å². The van der Waals surface area contributed by atoms with Gasteiger partial charge in [-0.25, -0.2) is 4.39 Å². The molecule has 0 spiro atoms. The molecule has 114 valence electrons. The van der Waals surface area contributed by atoms with E-state index in [-0.39, 0.29) is 0 Å². The molecule has 3 nitrogen and oxygen atoms in total. The number of halogens is 3. The van der Waals surface area contributed by atoms with Gasteiger partial charge in [0.1, 0.15) is 5.82 Å². The molecule has 0 bridgehead atoms. The van der Waals surface area contributed by atoms with Gasteiger partial charge in [-0.3, -0.25) is 4.68 Å². The SMILES string of the molecule is CCc1nn(CC)c(CC(O)c2ccc(Br)cc2F)c1Br. The van der Waals surface area contributed by atoms with Gasteiger partial charge in [0.25, 0.3) is 0 Å². The Balaban J connectivity index is 2.31. The van der Waals surface area contributed by atoms with Crippen molar-refractivity contribution < 1.29 is 9.50 Å². The third-order valence-corrected chi connectivity index (χ3v) is 4.81. The average Bonchev–Trinajstić information content (AvgIpc) is 2.75. The second-order valence-corrected chi connectivity index (χ2v) is 6.47. The van der Waals surface area contributed by atoms with E-state index < -0.39 is 11.9 Å². The topological polar surface area (TPSA) is 38.0 Å². The predicted octanol–water partition coefficient (Wildman–Crippen LogP) is 4.41. The Morgan fingerprint density at radius 3 is 2.62 bits per heavy atom. The normalized spacial score (nSPS) is 12.7. The lowest BCUT2D eigenvalue weighted by molar-refractivity contribution is 0.170. The van der Waals surface area contributed by atoms with Crippen molar-refractivity contribution >= 4 is 31.9 Å². The minimum atomic E-state index is -0.902. The summed E-state index contributed by atoms with van der Waals surface area (Å²) in [4.78, 5) is 0. The molecule has 1 aromatic carbocycles. The Bertz CT molecular complexity index is 643. The quantitative estimate of drug-likeness (QED) is 0.779. The standard InChI is InChI=1S/C15H17Br2FN2O/c1-3-12-15(17)13(20(4-2)19-12)8-14(21)10-6-5-9(16)7-11(10)18/h5-7,14,21H,3-4,8H2,1-2H3. The first kappa shape index (κ1) is 16.6. The van der Waals surface area contributed by atoms with E-state index in [0.717, 1.165) is 22.3 Å². The molecule has 0 aliphatic heterocycles. The summed E-state index contributed by atoms with van der Waals surface area (Å²) in [6, 6.07) is 4.69. The van der Waals surface area contributed by atoms with E-state index in [4.69, 9.17) is 0 Å². The number of aliphatic hydroxyl groups excluding tert-OH is 1.